The summed E-state index contributed by atoms with van der Waals surface area (Å²) in [6, 6.07) is 12.2. The van der Waals surface area contributed by atoms with Crippen LogP contribution < -0.4 is 18.8 Å². The summed E-state index contributed by atoms with van der Waals surface area (Å²) in [4.78, 5) is 42.4. The highest BCUT2D eigenvalue weighted by Gasteiger charge is 2.51. The first-order chi connectivity index (χ1) is 32.6. The van der Waals surface area contributed by atoms with Gasteiger partial charge in [0.15, 0.2) is 5.82 Å². The van der Waals surface area contributed by atoms with Crippen LogP contribution in [0.15, 0.2) is 54.7 Å². The molecule has 5 aromatic rings. The van der Waals surface area contributed by atoms with Crippen molar-refractivity contribution in [3.05, 3.63) is 82.0 Å². The van der Waals surface area contributed by atoms with Crippen LogP contribution in [-0.2, 0) is 15.9 Å². The van der Waals surface area contributed by atoms with Gasteiger partial charge in [-0.2, -0.15) is 9.97 Å². The van der Waals surface area contributed by atoms with Gasteiger partial charge in [-0.15, -0.1) is 0 Å². The Kier molecular flexibility index (Phi) is 13.1. The van der Waals surface area contributed by atoms with Crippen molar-refractivity contribution < 1.29 is 41.9 Å². The molecule has 0 unspecified atom stereocenters. The predicted molar refractivity (Wildman–Crippen MR) is 258 cm³/mol. The van der Waals surface area contributed by atoms with E-state index < -0.39 is 30.8 Å². The molecule has 0 radical (unpaired) electrons. The monoisotopic (exact) mass is 952 g/mol. The zero-order valence-corrected chi connectivity index (χ0v) is 41.1. The fourth-order valence-electron chi connectivity index (χ4n) is 12.1. The van der Waals surface area contributed by atoms with Gasteiger partial charge in [-0.3, -0.25) is 20.0 Å². The molecule has 2 atom stereocenters. The molecule has 68 heavy (non-hydrogen) atoms. The number of nitrogens with zero attached hydrogens (tertiary/aromatic N) is 6. The molecule has 4 saturated heterocycles. The molecule has 9 rings (SSSR count). The Hall–Kier alpha value is -5.52. The van der Waals surface area contributed by atoms with E-state index in [1.165, 1.54) is 30.3 Å². The number of halogens is 2. The summed E-state index contributed by atoms with van der Waals surface area (Å²) >= 11 is 0. The molecule has 0 saturated carbocycles. The van der Waals surface area contributed by atoms with Crippen LogP contribution >= 0.6 is 0 Å². The van der Waals surface area contributed by atoms with Crippen LogP contribution in [0.2, 0.25) is 16.6 Å². The number of carbonyl (C=O) groups is 1. The largest absolute Gasteiger partial charge is 0.543 e. The van der Waals surface area contributed by atoms with Gasteiger partial charge in [-0.05, 0) is 115 Å². The molecule has 4 fully saturated rings. The number of hydrogen-bond donors (Lipinski definition) is 0. The first-order valence-corrected chi connectivity index (χ1v) is 26.3. The van der Waals surface area contributed by atoms with Gasteiger partial charge >= 0.3 is 12.2 Å². The second-order valence-electron chi connectivity index (χ2n) is 20.3. The SMILES string of the molecule is CCc1c(F)ccc2cc(O[Si](C(C)C)(C(C)C)C(C)C)cc(-c3ncc4c(N5CCCC6(COC6)C5)nc(OC[C@@]56CCCN5[C@H](COC(=O)Oc5ccc([N+](=O)[O-])cc5)CC6)nc4c3F)c12. The third-order valence-corrected chi connectivity index (χ3v) is 21.3. The molecule has 6 heterocycles. The third-order valence-electron chi connectivity index (χ3n) is 15.3. The highest BCUT2D eigenvalue weighted by atomic mass is 28.4. The molecule has 4 aliphatic rings. The van der Waals surface area contributed by atoms with Crippen LogP contribution in [0.25, 0.3) is 32.9 Å². The molecule has 3 aromatic carbocycles. The molecular formula is C51H62F2N6O8Si. The van der Waals surface area contributed by atoms with Crippen molar-refractivity contribution in [3.63, 3.8) is 0 Å². The van der Waals surface area contributed by atoms with E-state index in [9.17, 15) is 14.9 Å². The van der Waals surface area contributed by atoms with Gasteiger partial charge in [0.05, 0.1) is 29.1 Å². The summed E-state index contributed by atoms with van der Waals surface area (Å²) in [5.41, 5.74) is 1.35. The van der Waals surface area contributed by atoms with Crippen LogP contribution in [-0.4, -0.2) is 96.9 Å². The second kappa shape index (κ2) is 18.8. The van der Waals surface area contributed by atoms with E-state index >= 15 is 8.78 Å². The lowest BCUT2D eigenvalue weighted by Gasteiger charge is -2.48. The van der Waals surface area contributed by atoms with Crippen molar-refractivity contribution >= 4 is 47.7 Å². The molecule has 14 nitrogen and oxygen atoms in total. The lowest BCUT2D eigenvalue weighted by atomic mass is 9.78. The lowest BCUT2D eigenvalue weighted by Crippen LogP contribution is -2.54. The van der Waals surface area contributed by atoms with Crippen LogP contribution in [0, 0.1) is 27.2 Å². The van der Waals surface area contributed by atoms with Crippen LogP contribution in [0.1, 0.15) is 92.6 Å². The van der Waals surface area contributed by atoms with Crippen LogP contribution in [0.4, 0.5) is 25.1 Å². The van der Waals surface area contributed by atoms with E-state index in [0.29, 0.717) is 66.2 Å². The molecule has 0 N–H and O–H groups in total. The molecule has 1 spiro atoms. The van der Waals surface area contributed by atoms with Crippen molar-refractivity contribution in [2.75, 3.05) is 51.0 Å². The summed E-state index contributed by atoms with van der Waals surface area (Å²) in [7, 11) is -2.47. The number of fused-ring (bicyclic) bond motifs is 3. The zero-order valence-electron chi connectivity index (χ0n) is 40.1. The van der Waals surface area contributed by atoms with Crippen molar-refractivity contribution in [2.24, 2.45) is 5.41 Å². The van der Waals surface area contributed by atoms with E-state index in [-0.39, 0.29) is 75.8 Å². The van der Waals surface area contributed by atoms with Crippen molar-refractivity contribution in [1.29, 1.82) is 0 Å². The van der Waals surface area contributed by atoms with Gasteiger partial charge in [0, 0.05) is 48.4 Å². The minimum Gasteiger partial charge on any atom is -0.543 e. The summed E-state index contributed by atoms with van der Waals surface area (Å²) < 4.78 is 64.0. The van der Waals surface area contributed by atoms with Gasteiger partial charge in [0.1, 0.15) is 47.6 Å². The van der Waals surface area contributed by atoms with Crippen molar-refractivity contribution in [2.45, 2.75) is 122 Å². The number of non-ortho nitro benzene ring substituents is 1. The maximum Gasteiger partial charge on any atom is 0.513 e. The molecule has 2 aromatic heterocycles. The standard InChI is InChI=1S/C51H62F2N6O8Si/c1-8-39-42(52)16-11-34-23-38(67-68(31(2)3,32(4)5)33(6)7)24-40(43(34)39)45-44(53)46-41(25-54-45)47(57-21-9-18-50(27-57)28-63-29-50)56-48(55-46)65-30-51-19-10-22-58(51)36(17-20-51)26-64-49(60)66-37-14-12-35(13-15-37)59(61)62/h11-16,23-25,31-33,36H,8-10,17-22,26-30H2,1-7H3/t36-,51-/m0/s1. The third kappa shape index (κ3) is 8.63. The molecule has 0 aliphatic carbocycles. The number of benzene rings is 3. The lowest BCUT2D eigenvalue weighted by molar-refractivity contribution is -0.384. The Balaban J connectivity index is 1.06. The highest BCUT2D eigenvalue weighted by Crippen LogP contribution is 2.47. The first-order valence-electron chi connectivity index (χ1n) is 24.2. The smallest absolute Gasteiger partial charge is 0.513 e. The molecule has 362 valence electrons. The number of rotatable bonds is 15. The molecule has 0 bridgehead atoms. The minimum absolute atomic E-state index is 0.0125. The number of pyridine rings is 1. The molecular weight excluding hydrogens is 891 g/mol. The Morgan fingerprint density at radius 2 is 1.69 bits per heavy atom. The number of nitro groups is 1. The van der Waals surface area contributed by atoms with E-state index in [1.54, 1.807) is 12.3 Å². The number of hydrogen-bond acceptors (Lipinski definition) is 13. The average molecular weight is 953 g/mol. The maximum atomic E-state index is 17.9. The van der Waals surface area contributed by atoms with Gasteiger partial charge in [-0.1, -0.05) is 54.5 Å². The molecule has 0 amide bonds. The number of aryl methyl sites for hydroxylation is 1. The van der Waals surface area contributed by atoms with E-state index in [0.717, 1.165) is 50.5 Å². The topological polar surface area (TPSA) is 152 Å². The first kappa shape index (κ1) is 47.5. The highest BCUT2D eigenvalue weighted by molar-refractivity contribution is 6.78. The number of ether oxygens (including phenoxy) is 4. The maximum absolute atomic E-state index is 17.9. The van der Waals surface area contributed by atoms with Crippen LogP contribution in [0.5, 0.6) is 17.5 Å². The Morgan fingerprint density at radius 3 is 2.37 bits per heavy atom. The zero-order chi connectivity index (χ0) is 48.1. The quantitative estimate of drug-likeness (QED) is 0.0322. The van der Waals surface area contributed by atoms with Crippen LogP contribution in [0.3, 0.4) is 0 Å². The van der Waals surface area contributed by atoms with Crippen molar-refractivity contribution in [1.82, 2.24) is 19.9 Å². The molecule has 17 heteroatoms. The fourth-order valence-corrected chi connectivity index (χ4v) is 17.3. The van der Waals surface area contributed by atoms with Gasteiger partial charge < -0.3 is 28.3 Å². The number of anilines is 1. The second-order valence-corrected chi connectivity index (χ2v) is 25.7. The van der Waals surface area contributed by atoms with E-state index in [1.807, 2.05) is 19.1 Å². The average Bonchev–Trinajstić information content (AvgIpc) is 3.88. The Bertz CT molecular complexity index is 2700. The summed E-state index contributed by atoms with van der Waals surface area (Å²) in [6.45, 7) is 19.0. The Morgan fingerprint density at radius 1 is 0.956 bits per heavy atom. The van der Waals surface area contributed by atoms with Crippen molar-refractivity contribution in [3.8, 4) is 28.8 Å². The van der Waals surface area contributed by atoms with E-state index in [4.69, 9.17) is 38.3 Å². The van der Waals surface area contributed by atoms with Gasteiger partial charge in [0.25, 0.3) is 14.0 Å². The normalized spacial score (nSPS) is 20.4. The van der Waals surface area contributed by atoms with E-state index in [2.05, 4.69) is 51.3 Å². The predicted octanol–water partition coefficient (Wildman–Crippen LogP) is 11.4. The molecule has 4 aliphatic heterocycles. The number of carbonyl (C=O) groups excluding carboxylic acids is 1. The number of aromatic nitrogens is 3. The number of nitro benzene ring substituents is 1. The summed E-state index contributed by atoms with van der Waals surface area (Å²) in [5.74, 6) is 0.278. The minimum atomic E-state index is -2.47. The summed E-state index contributed by atoms with van der Waals surface area (Å²) in [6.07, 6.45) is 6.34. The van der Waals surface area contributed by atoms with Gasteiger partial charge in [0.2, 0.25) is 0 Å². The van der Waals surface area contributed by atoms with Gasteiger partial charge in [-0.25, -0.2) is 13.6 Å². The fraction of sp³-hybridized carbons (Fsp3) is 0.529. The number of piperidine rings is 1. The Labute approximate surface area is 397 Å². The summed E-state index contributed by atoms with van der Waals surface area (Å²) in [5, 5.41) is 12.8.